The fourth-order valence-corrected chi connectivity index (χ4v) is 3.32. The van der Waals surface area contributed by atoms with Crippen LogP contribution in [0.4, 0.5) is 4.39 Å². The van der Waals surface area contributed by atoms with Gasteiger partial charge in [-0.05, 0) is 29.8 Å². The van der Waals surface area contributed by atoms with Crippen molar-refractivity contribution >= 4 is 15.7 Å². The second kappa shape index (κ2) is 7.44. The van der Waals surface area contributed by atoms with Crippen molar-refractivity contribution in [1.29, 1.82) is 0 Å². The highest BCUT2D eigenvalue weighted by molar-refractivity contribution is 7.90. The van der Waals surface area contributed by atoms with Crippen LogP contribution >= 0.6 is 0 Å². The van der Waals surface area contributed by atoms with Crippen LogP contribution < -0.4 is 5.32 Å². The number of benzene rings is 2. The van der Waals surface area contributed by atoms with Gasteiger partial charge in [0.05, 0.1) is 4.90 Å². The Morgan fingerprint density at radius 3 is 2.42 bits per heavy atom. The van der Waals surface area contributed by atoms with Crippen molar-refractivity contribution in [1.82, 2.24) is 15.5 Å². The predicted molar refractivity (Wildman–Crippen MR) is 89.2 cm³/mol. The number of aromatic nitrogens is 2. The highest BCUT2D eigenvalue weighted by Crippen LogP contribution is 2.15. The third-order valence-corrected chi connectivity index (χ3v) is 5.06. The molecule has 1 amide bonds. The number of amides is 1. The van der Waals surface area contributed by atoms with E-state index in [0.717, 1.165) is 0 Å². The van der Waals surface area contributed by atoms with Gasteiger partial charge in [0.1, 0.15) is 11.6 Å². The van der Waals surface area contributed by atoms with Gasteiger partial charge >= 0.3 is 11.8 Å². The summed E-state index contributed by atoms with van der Waals surface area (Å²) < 4.78 is 42.5. The van der Waals surface area contributed by atoms with E-state index < -0.39 is 21.5 Å². The first-order chi connectivity index (χ1) is 12.4. The highest BCUT2D eigenvalue weighted by Gasteiger charge is 2.21. The summed E-state index contributed by atoms with van der Waals surface area (Å²) in [5.41, 5.74) is 0.686. The average molecular weight is 375 g/mol. The summed E-state index contributed by atoms with van der Waals surface area (Å²) in [7, 11) is -3.65. The van der Waals surface area contributed by atoms with E-state index in [1.165, 1.54) is 36.4 Å². The molecule has 26 heavy (non-hydrogen) atoms. The van der Waals surface area contributed by atoms with Crippen LogP contribution in [0.5, 0.6) is 0 Å². The van der Waals surface area contributed by atoms with Crippen LogP contribution in [0.15, 0.2) is 63.9 Å². The SMILES string of the molecule is O=C(NCc1ccc(F)cc1)c1nnc(CS(=O)(=O)c2ccccc2)o1. The minimum atomic E-state index is -3.65. The van der Waals surface area contributed by atoms with E-state index in [2.05, 4.69) is 15.5 Å². The minimum absolute atomic E-state index is 0.125. The second-order valence-corrected chi connectivity index (χ2v) is 7.37. The quantitative estimate of drug-likeness (QED) is 0.708. The van der Waals surface area contributed by atoms with Crippen LogP contribution in [0.2, 0.25) is 0 Å². The summed E-state index contributed by atoms with van der Waals surface area (Å²) in [6.07, 6.45) is 0. The maximum absolute atomic E-state index is 12.8. The molecule has 0 saturated heterocycles. The molecular formula is C17H14FN3O4S. The van der Waals surface area contributed by atoms with Gasteiger partial charge in [-0.3, -0.25) is 4.79 Å². The molecular weight excluding hydrogens is 361 g/mol. The molecule has 2 aromatic carbocycles. The molecule has 1 heterocycles. The highest BCUT2D eigenvalue weighted by atomic mass is 32.2. The molecule has 7 nitrogen and oxygen atoms in total. The normalized spacial score (nSPS) is 11.3. The summed E-state index contributed by atoms with van der Waals surface area (Å²) in [6, 6.07) is 13.5. The topological polar surface area (TPSA) is 102 Å². The number of nitrogens with zero attached hydrogens (tertiary/aromatic N) is 2. The van der Waals surface area contributed by atoms with E-state index in [9.17, 15) is 17.6 Å². The van der Waals surface area contributed by atoms with Crippen molar-refractivity contribution in [2.75, 3.05) is 0 Å². The lowest BCUT2D eigenvalue weighted by Crippen LogP contribution is -2.23. The Hall–Kier alpha value is -3.07. The first-order valence-electron chi connectivity index (χ1n) is 7.57. The van der Waals surface area contributed by atoms with E-state index in [1.807, 2.05) is 0 Å². The van der Waals surface area contributed by atoms with E-state index in [4.69, 9.17) is 4.42 Å². The molecule has 0 fully saturated rings. The number of carbonyl (C=O) groups excluding carboxylic acids is 1. The molecule has 0 unspecified atom stereocenters. The largest absolute Gasteiger partial charge is 0.416 e. The average Bonchev–Trinajstić information content (AvgIpc) is 3.09. The van der Waals surface area contributed by atoms with Gasteiger partial charge in [0.2, 0.25) is 5.89 Å². The zero-order valence-electron chi connectivity index (χ0n) is 13.4. The lowest BCUT2D eigenvalue weighted by Gasteiger charge is -2.02. The smallest absolute Gasteiger partial charge is 0.309 e. The molecule has 0 atom stereocenters. The molecule has 3 aromatic rings. The zero-order valence-corrected chi connectivity index (χ0v) is 14.2. The van der Waals surface area contributed by atoms with Crippen LogP contribution in [0.1, 0.15) is 22.1 Å². The molecule has 1 N–H and O–H groups in total. The Balaban J connectivity index is 1.64. The summed E-state index contributed by atoms with van der Waals surface area (Å²) in [5.74, 6) is -2.05. The van der Waals surface area contributed by atoms with Crippen molar-refractivity contribution in [2.45, 2.75) is 17.2 Å². The molecule has 3 rings (SSSR count). The maximum Gasteiger partial charge on any atom is 0.309 e. The molecule has 1 aromatic heterocycles. The van der Waals surface area contributed by atoms with Gasteiger partial charge in [-0.1, -0.05) is 30.3 Å². The van der Waals surface area contributed by atoms with Crippen molar-refractivity contribution < 1.29 is 22.0 Å². The molecule has 134 valence electrons. The number of hydrogen-bond donors (Lipinski definition) is 1. The van der Waals surface area contributed by atoms with Gasteiger partial charge in [-0.15, -0.1) is 10.2 Å². The number of halogens is 1. The summed E-state index contributed by atoms with van der Waals surface area (Å²) in [5, 5.41) is 9.71. The molecule has 0 aliphatic heterocycles. The third-order valence-electron chi connectivity index (χ3n) is 3.44. The fourth-order valence-electron chi connectivity index (χ4n) is 2.14. The van der Waals surface area contributed by atoms with Crippen LogP contribution in [0.3, 0.4) is 0 Å². The Kier molecular flexibility index (Phi) is 5.08. The molecule has 0 radical (unpaired) electrons. The Morgan fingerprint density at radius 1 is 1.04 bits per heavy atom. The van der Waals surface area contributed by atoms with Crippen molar-refractivity contribution in [3.05, 3.63) is 77.8 Å². The number of carbonyl (C=O) groups is 1. The van der Waals surface area contributed by atoms with E-state index >= 15 is 0 Å². The van der Waals surface area contributed by atoms with Crippen LogP contribution in [0, 0.1) is 5.82 Å². The summed E-state index contributed by atoms with van der Waals surface area (Å²) in [6.45, 7) is 0.138. The molecule has 0 aliphatic rings. The van der Waals surface area contributed by atoms with Gasteiger partial charge < -0.3 is 9.73 Å². The Morgan fingerprint density at radius 2 is 1.73 bits per heavy atom. The number of sulfone groups is 1. The summed E-state index contributed by atoms with van der Waals surface area (Å²) in [4.78, 5) is 12.1. The Labute approximate surface area is 148 Å². The van der Waals surface area contributed by atoms with Gasteiger partial charge in [-0.25, -0.2) is 12.8 Å². The lowest BCUT2D eigenvalue weighted by molar-refractivity contribution is 0.0914. The number of rotatable bonds is 6. The summed E-state index contributed by atoms with van der Waals surface area (Å²) >= 11 is 0. The fraction of sp³-hybridized carbons (Fsp3) is 0.118. The Bertz CT molecular complexity index is 1000. The van der Waals surface area contributed by atoms with E-state index in [-0.39, 0.29) is 29.0 Å². The first-order valence-corrected chi connectivity index (χ1v) is 9.22. The van der Waals surface area contributed by atoms with Gasteiger partial charge in [-0.2, -0.15) is 0 Å². The molecule has 9 heteroatoms. The number of hydrogen-bond acceptors (Lipinski definition) is 6. The van der Waals surface area contributed by atoms with Crippen molar-refractivity contribution in [2.24, 2.45) is 0 Å². The lowest BCUT2D eigenvalue weighted by atomic mass is 10.2. The molecule has 0 spiro atoms. The van der Waals surface area contributed by atoms with Gasteiger partial charge in [0.25, 0.3) is 0 Å². The van der Waals surface area contributed by atoms with E-state index in [0.29, 0.717) is 5.56 Å². The van der Waals surface area contributed by atoms with Gasteiger partial charge in [0, 0.05) is 6.54 Å². The second-order valence-electron chi connectivity index (χ2n) is 5.38. The maximum atomic E-state index is 12.8. The first kappa shape index (κ1) is 17.7. The van der Waals surface area contributed by atoms with Crippen LogP contribution in [-0.2, 0) is 22.1 Å². The van der Waals surface area contributed by atoms with Crippen LogP contribution in [-0.4, -0.2) is 24.5 Å². The number of nitrogens with one attached hydrogen (secondary N) is 1. The van der Waals surface area contributed by atoms with Crippen molar-refractivity contribution in [3.8, 4) is 0 Å². The van der Waals surface area contributed by atoms with Crippen LogP contribution in [0.25, 0.3) is 0 Å². The van der Waals surface area contributed by atoms with Crippen molar-refractivity contribution in [3.63, 3.8) is 0 Å². The monoisotopic (exact) mass is 375 g/mol. The third kappa shape index (κ3) is 4.31. The van der Waals surface area contributed by atoms with Gasteiger partial charge in [0.15, 0.2) is 9.84 Å². The molecule has 0 aliphatic carbocycles. The molecule has 0 bridgehead atoms. The molecule has 0 saturated carbocycles. The predicted octanol–water partition coefficient (Wildman–Crippen LogP) is 2.11. The minimum Gasteiger partial charge on any atom is -0.416 e. The zero-order chi connectivity index (χ0) is 18.6. The standard InChI is InChI=1S/C17H14FN3O4S/c18-13-8-6-12(7-9-13)10-19-16(22)17-21-20-15(25-17)11-26(23,24)14-4-2-1-3-5-14/h1-9H,10-11H2,(H,19,22). The van der Waals surface area contributed by atoms with E-state index in [1.54, 1.807) is 18.2 Å².